The third kappa shape index (κ3) is 3.99. The van der Waals surface area contributed by atoms with Crippen LogP contribution in [0.4, 0.5) is 0 Å². The first-order valence-corrected chi connectivity index (χ1v) is 8.30. The molecule has 1 aliphatic carbocycles. The van der Waals surface area contributed by atoms with Gasteiger partial charge < -0.3 is 0 Å². The largest absolute Gasteiger partial charge is 0.123 e. The van der Waals surface area contributed by atoms with Crippen molar-refractivity contribution in [1.82, 2.24) is 0 Å². The van der Waals surface area contributed by atoms with Crippen LogP contribution in [-0.2, 0) is 6.42 Å². The van der Waals surface area contributed by atoms with Crippen LogP contribution in [0, 0.1) is 11.8 Å². The van der Waals surface area contributed by atoms with Gasteiger partial charge in [0.05, 0.1) is 0 Å². The molecule has 0 nitrogen and oxygen atoms in total. The fourth-order valence-corrected chi connectivity index (χ4v) is 3.71. The highest BCUT2D eigenvalue weighted by atomic mass is 79.9. The van der Waals surface area contributed by atoms with Crippen LogP contribution in [0.15, 0.2) is 28.7 Å². The Hall–Kier alpha value is -0.0100. The SMILES string of the molecule is CCCC1CCC(Cl)C(Cc2ccc(Br)cc2)C1. The minimum absolute atomic E-state index is 0.377. The van der Waals surface area contributed by atoms with Gasteiger partial charge in [0.2, 0.25) is 0 Å². The second-order valence-corrected chi connectivity index (χ2v) is 7.05. The van der Waals surface area contributed by atoms with Gasteiger partial charge in [-0.3, -0.25) is 0 Å². The molecular weight excluding hydrogens is 308 g/mol. The van der Waals surface area contributed by atoms with Crippen molar-refractivity contribution in [1.29, 1.82) is 0 Å². The quantitative estimate of drug-likeness (QED) is 0.611. The summed E-state index contributed by atoms with van der Waals surface area (Å²) >= 11 is 10.0. The molecule has 3 atom stereocenters. The summed E-state index contributed by atoms with van der Waals surface area (Å²) < 4.78 is 1.15. The molecule has 0 amide bonds. The number of rotatable bonds is 4. The summed E-state index contributed by atoms with van der Waals surface area (Å²) in [4.78, 5) is 0. The minimum Gasteiger partial charge on any atom is -0.123 e. The molecule has 1 aromatic rings. The minimum atomic E-state index is 0.377. The lowest BCUT2D eigenvalue weighted by atomic mass is 9.76. The van der Waals surface area contributed by atoms with Crippen molar-refractivity contribution in [3.63, 3.8) is 0 Å². The van der Waals surface area contributed by atoms with E-state index in [4.69, 9.17) is 11.6 Å². The Labute approximate surface area is 124 Å². The standard InChI is InChI=1S/C16H22BrCl/c1-2-3-12-6-9-16(18)14(10-12)11-13-4-7-15(17)8-5-13/h4-5,7-8,12,14,16H,2-3,6,9-11H2,1H3. The molecule has 2 heteroatoms. The Morgan fingerprint density at radius 3 is 2.61 bits per heavy atom. The Balaban J connectivity index is 1.95. The van der Waals surface area contributed by atoms with Gasteiger partial charge in [-0.15, -0.1) is 11.6 Å². The zero-order chi connectivity index (χ0) is 13.0. The monoisotopic (exact) mass is 328 g/mol. The predicted molar refractivity (Wildman–Crippen MR) is 83.2 cm³/mol. The Morgan fingerprint density at radius 1 is 1.22 bits per heavy atom. The summed E-state index contributed by atoms with van der Waals surface area (Å²) in [7, 11) is 0. The number of hydrogen-bond donors (Lipinski definition) is 0. The second kappa shape index (κ2) is 6.96. The molecule has 0 spiro atoms. The number of benzene rings is 1. The van der Waals surface area contributed by atoms with Crippen LogP contribution in [-0.4, -0.2) is 5.38 Å². The first kappa shape index (κ1) is 14.4. The van der Waals surface area contributed by atoms with Gasteiger partial charge in [-0.05, 0) is 55.2 Å². The van der Waals surface area contributed by atoms with Gasteiger partial charge in [0, 0.05) is 9.85 Å². The lowest BCUT2D eigenvalue weighted by Crippen LogP contribution is -2.27. The molecule has 1 aliphatic rings. The number of hydrogen-bond acceptors (Lipinski definition) is 0. The zero-order valence-corrected chi connectivity index (χ0v) is 13.4. The highest BCUT2D eigenvalue weighted by molar-refractivity contribution is 9.10. The van der Waals surface area contributed by atoms with E-state index in [1.807, 2.05) is 0 Å². The molecule has 2 rings (SSSR count). The first-order valence-electron chi connectivity index (χ1n) is 7.07. The summed E-state index contributed by atoms with van der Waals surface area (Å²) in [6, 6.07) is 8.70. The molecule has 0 heterocycles. The van der Waals surface area contributed by atoms with Crippen LogP contribution in [0.5, 0.6) is 0 Å². The maximum absolute atomic E-state index is 6.52. The van der Waals surface area contributed by atoms with Gasteiger partial charge in [0.1, 0.15) is 0 Å². The molecule has 18 heavy (non-hydrogen) atoms. The molecule has 100 valence electrons. The number of alkyl halides is 1. The fourth-order valence-electron chi connectivity index (χ4n) is 3.13. The molecular formula is C16H22BrCl. The Kier molecular flexibility index (Phi) is 5.56. The Morgan fingerprint density at radius 2 is 1.94 bits per heavy atom. The van der Waals surface area contributed by atoms with Crippen molar-refractivity contribution in [3.8, 4) is 0 Å². The Bertz CT molecular complexity index is 360. The predicted octanol–water partition coefficient (Wildman–Crippen LogP) is 5.82. The molecule has 0 N–H and O–H groups in total. The average Bonchev–Trinajstić information content (AvgIpc) is 2.36. The van der Waals surface area contributed by atoms with Crippen molar-refractivity contribution in [2.75, 3.05) is 0 Å². The maximum atomic E-state index is 6.52. The van der Waals surface area contributed by atoms with Crippen molar-refractivity contribution < 1.29 is 0 Å². The molecule has 0 saturated heterocycles. The van der Waals surface area contributed by atoms with Crippen molar-refractivity contribution in [2.45, 2.75) is 50.8 Å². The third-order valence-corrected chi connectivity index (χ3v) is 5.21. The lowest BCUT2D eigenvalue weighted by molar-refractivity contribution is 0.257. The molecule has 0 aliphatic heterocycles. The summed E-state index contributed by atoms with van der Waals surface area (Å²) in [6.07, 6.45) is 7.68. The molecule has 1 fully saturated rings. The average molecular weight is 330 g/mol. The summed E-state index contributed by atoms with van der Waals surface area (Å²) in [5.41, 5.74) is 1.42. The van der Waals surface area contributed by atoms with E-state index in [0.29, 0.717) is 11.3 Å². The maximum Gasteiger partial charge on any atom is 0.0367 e. The highest BCUT2D eigenvalue weighted by Gasteiger charge is 2.28. The van der Waals surface area contributed by atoms with E-state index in [-0.39, 0.29) is 0 Å². The van der Waals surface area contributed by atoms with Gasteiger partial charge in [0.25, 0.3) is 0 Å². The van der Waals surface area contributed by atoms with Crippen LogP contribution >= 0.6 is 27.5 Å². The first-order chi connectivity index (χ1) is 8.69. The van der Waals surface area contributed by atoms with E-state index in [0.717, 1.165) is 16.8 Å². The zero-order valence-electron chi connectivity index (χ0n) is 11.0. The topological polar surface area (TPSA) is 0 Å². The van der Waals surface area contributed by atoms with E-state index in [2.05, 4.69) is 47.1 Å². The van der Waals surface area contributed by atoms with Crippen LogP contribution < -0.4 is 0 Å². The van der Waals surface area contributed by atoms with E-state index >= 15 is 0 Å². The van der Waals surface area contributed by atoms with E-state index in [1.165, 1.54) is 37.7 Å². The van der Waals surface area contributed by atoms with Crippen LogP contribution in [0.1, 0.15) is 44.6 Å². The van der Waals surface area contributed by atoms with Gasteiger partial charge in [-0.25, -0.2) is 0 Å². The second-order valence-electron chi connectivity index (χ2n) is 5.57. The summed E-state index contributed by atoms with van der Waals surface area (Å²) in [6.45, 7) is 2.29. The third-order valence-electron chi connectivity index (χ3n) is 4.11. The molecule has 0 aromatic heterocycles. The fraction of sp³-hybridized carbons (Fsp3) is 0.625. The van der Waals surface area contributed by atoms with Crippen LogP contribution in [0.2, 0.25) is 0 Å². The van der Waals surface area contributed by atoms with Crippen LogP contribution in [0.3, 0.4) is 0 Å². The van der Waals surface area contributed by atoms with E-state index < -0.39 is 0 Å². The highest BCUT2D eigenvalue weighted by Crippen LogP contribution is 2.36. The normalized spacial score (nSPS) is 28.3. The molecule has 0 bridgehead atoms. The van der Waals surface area contributed by atoms with Gasteiger partial charge >= 0.3 is 0 Å². The van der Waals surface area contributed by atoms with E-state index in [9.17, 15) is 0 Å². The van der Waals surface area contributed by atoms with Gasteiger partial charge in [-0.1, -0.05) is 47.8 Å². The lowest BCUT2D eigenvalue weighted by Gasteiger charge is -2.33. The molecule has 1 aromatic carbocycles. The van der Waals surface area contributed by atoms with Crippen molar-refractivity contribution in [2.24, 2.45) is 11.8 Å². The molecule has 3 unspecified atom stereocenters. The molecule has 1 saturated carbocycles. The van der Waals surface area contributed by atoms with Gasteiger partial charge in [-0.2, -0.15) is 0 Å². The molecule has 0 radical (unpaired) electrons. The summed E-state index contributed by atoms with van der Waals surface area (Å²) in [5.74, 6) is 1.57. The summed E-state index contributed by atoms with van der Waals surface area (Å²) in [5, 5.41) is 0.377. The van der Waals surface area contributed by atoms with E-state index in [1.54, 1.807) is 0 Å². The van der Waals surface area contributed by atoms with Gasteiger partial charge in [0.15, 0.2) is 0 Å². The van der Waals surface area contributed by atoms with Crippen molar-refractivity contribution >= 4 is 27.5 Å². The van der Waals surface area contributed by atoms with Crippen molar-refractivity contribution in [3.05, 3.63) is 34.3 Å². The number of halogens is 2. The van der Waals surface area contributed by atoms with Crippen LogP contribution in [0.25, 0.3) is 0 Å². The smallest absolute Gasteiger partial charge is 0.0367 e.